The molecule has 0 bridgehead atoms. The molecular formula is C20H35IN4OS. The lowest BCUT2D eigenvalue weighted by Gasteiger charge is -2.14. The highest BCUT2D eigenvalue weighted by molar-refractivity contribution is 14.0. The lowest BCUT2D eigenvalue weighted by atomic mass is 10.1. The van der Waals surface area contributed by atoms with E-state index in [1.54, 1.807) is 19.0 Å². The van der Waals surface area contributed by atoms with Crippen LogP contribution in [-0.4, -0.2) is 62.5 Å². The molecule has 1 amide bonds. The first-order chi connectivity index (χ1) is 12.6. The van der Waals surface area contributed by atoms with Crippen molar-refractivity contribution in [2.45, 2.75) is 32.1 Å². The molecule has 27 heavy (non-hydrogen) atoms. The molecule has 0 saturated carbocycles. The summed E-state index contributed by atoms with van der Waals surface area (Å²) in [7, 11) is 3.50. The van der Waals surface area contributed by atoms with Gasteiger partial charge in [0.2, 0.25) is 5.91 Å². The van der Waals surface area contributed by atoms with Crippen LogP contribution in [0.1, 0.15) is 31.2 Å². The van der Waals surface area contributed by atoms with E-state index in [9.17, 15) is 4.79 Å². The van der Waals surface area contributed by atoms with Gasteiger partial charge in [0.1, 0.15) is 6.54 Å². The number of unbranched alkanes of at least 4 members (excludes halogenated alkanes) is 3. The molecule has 0 saturated heterocycles. The van der Waals surface area contributed by atoms with E-state index < -0.39 is 0 Å². The molecule has 1 rings (SSSR count). The van der Waals surface area contributed by atoms with Crippen LogP contribution in [0.15, 0.2) is 35.3 Å². The van der Waals surface area contributed by atoms with E-state index in [1.807, 2.05) is 17.8 Å². The number of thioether (sulfide) groups is 1. The number of amides is 1. The first-order valence-corrected chi connectivity index (χ1v) is 10.8. The zero-order valence-electron chi connectivity index (χ0n) is 16.9. The number of aliphatic imine (C=N–C) groups is 1. The van der Waals surface area contributed by atoms with Crippen molar-refractivity contribution in [3.63, 3.8) is 0 Å². The highest BCUT2D eigenvalue weighted by atomic mass is 127. The van der Waals surface area contributed by atoms with Crippen molar-refractivity contribution in [1.29, 1.82) is 0 Å². The monoisotopic (exact) mass is 506 g/mol. The first-order valence-electron chi connectivity index (χ1n) is 9.38. The molecule has 0 fully saturated rings. The number of nitrogens with one attached hydrogen (secondary N) is 2. The Hall–Kier alpha value is -0.960. The molecule has 0 radical (unpaired) electrons. The van der Waals surface area contributed by atoms with Crippen molar-refractivity contribution >= 4 is 47.6 Å². The topological polar surface area (TPSA) is 56.7 Å². The highest BCUT2D eigenvalue weighted by Gasteiger charge is 2.04. The molecule has 0 heterocycles. The quantitative estimate of drug-likeness (QED) is 0.198. The van der Waals surface area contributed by atoms with E-state index in [2.05, 4.69) is 46.1 Å². The first kappa shape index (κ1) is 26.0. The minimum absolute atomic E-state index is 0. The summed E-state index contributed by atoms with van der Waals surface area (Å²) in [5.41, 5.74) is 1.29. The Labute approximate surface area is 186 Å². The fraction of sp³-hybridized carbons (Fsp3) is 0.600. The maximum absolute atomic E-state index is 11.8. The molecule has 0 unspecified atom stereocenters. The standard InChI is InChI=1S/C20H34N4OS.HI/c1-24(2)19(25)17-23-20(21-14-9-4-5-10-16-26-3)22-15-13-18-11-7-6-8-12-18;/h6-8,11-12H,4-5,9-10,13-17H2,1-3H3,(H2,21,22,23);1H. The van der Waals surface area contributed by atoms with Gasteiger partial charge in [-0.05, 0) is 36.8 Å². The SMILES string of the molecule is CSCCCCCCNC(=NCC(=O)N(C)C)NCCc1ccccc1.I. The van der Waals surface area contributed by atoms with Crippen molar-refractivity contribution in [1.82, 2.24) is 15.5 Å². The molecule has 0 atom stereocenters. The summed E-state index contributed by atoms with van der Waals surface area (Å²) in [4.78, 5) is 17.8. The fourth-order valence-corrected chi connectivity index (χ4v) is 2.86. The van der Waals surface area contributed by atoms with Gasteiger partial charge < -0.3 is 15.5 Å². The summed E-state index contributed by atoms with van der Waals surface area (Å²) >= 11 is 1.91. The molecule has 0 aliphatic carbocycles. The van der Waals surface area contributed by atoms with Crippen molar-refractivity contribution in [2.75, 3.05) is 45.7 Å². The number of carbonyl (C=O) groups is 1. The Kier molecular flexibility index (Phi) is 16.5. The van der Waals surface area contributed by atoms with E-state index in [0.29, 0.717) is 0 Å². The highest BCUT2D eigenvalue weighted by Crippen LogP contribution is 2.04. The average molecular weight is 506 g/mol. The van der Waals surface area contributed by atoms with E-state index in [0.717, 1.165) is 31.9 Å². The van der Waals surface area contributed by atoms with Gasteiger partial charge in [-0.15, -0.1) is 24.0 Å². The second-order valence-corrected chi connectivity index (χ2v) is 7.43. The molecule has 0 aliphatic rings. The molecule has 0 aromatic heterocycles. The average Bonchev–Trinajstić information content (AvgIpc) is 2.65. The third kappa shape index (κ3) is 13.8. The van der Waals surface area contributed by atoms with E-state index in [4.69, 9.17) is 0 Å². The van der Waals surface area contributed by atoms with E-state index in [1.165, 1.54) is 30.6 Å². The smallest absolute Gasteiger partial charge is 0.243 e. The maximum Gasteiger partial charge on any atom is 0.243 e. The molecule has 0 spiro atoms. The number of likely N-dealkylation sites (N-methyl/N-ethyl adjacent to an activating group) is 1. The summed E-state index contributed by atoms with van der Waals surface area (Å²) < 4.78 is 0. The summed E-state index contributed by atoms with van der Waals surface area (Å²) in [6.07, 6.45) is 7.99. The number of benzene rings is 1. The third-order valence-corrected chi connectivity index (χ3v) is 4.68. The molecule has 1 aromatic carbocycles. The van der Waals surface area contributed by atoms with Crippen LogP contribution in [0.25, 0.3) is 0 Å². The molecule has 154 valence electrons. The number of hydrogen-bond donors (Lipinski definition) is 2. The Balaban J connectivity index is 0.00000676. The predicted octanol–water partition coefficient (Wildman–Crippen LogP) is 3.39. The van der Waals surface area contributed by atoms with Gasteiger partial charge in [0.25, 0.3) is 0 Å². The van der Waals surface area contributed by atoms with Crippen LogP contribution in [0.3, 0.4) is 0 Å². The van der Waals surface area contributed by atoms with Crippen molar-refractivity contribution in [3.8, 4) is 0 Å². The maximum atomic E-state index is 11.8. The number of hydrogen-bond acceptors (Lipinski definition) is 3. The van der Waals surface area contributed by atoms with E-state index in [-0.39, 0.29) is 36.4 Å². The number of carbonyl (C=O) groups excluding carboxylic acids is 1. The van der Waals surface area contributed by atoms with Crippen LogP contribution in [-0.2, 0) is 11.2 Å². The van der Waals surface area contributed by atoms with Gasteiger partial charge in [0, 0.05) is 27.2 Å². The molecule has 5 nitrogen and oxygen atoms in total. The van der Waals surface area contributed by atoms with Crippen LogP contribution in [0, 0.1) is 0 Å². The van der Waals surface area contributed by atoms with Gasteiger partial charge in [-0.25, -0.2) is 4.99 Å². The number of rotatable bonds is 12. The van der Waals surface area contributed by atoms with Gasteiger partial charge in [-0.1, -0.05) is 43.2 Å². The fourth-order valence-electron chi connectivity index (χ4n) is 2.36. The largest absolute Gasteiger partial charge is 0.356 e. The zero-order chi connectivity index (χ0) is 19.0. The lowest BCUT2D eigenvalue weighted by molar-refractivity contribution is -0.127. The van der Waals surface area contributed by atoms with E-state index >= 15 is 0 Å². The van der Waals surface area contributed by atoms with Crippen LogP contribution >= 0.6 is 35.7 Å². The summed E-state index contributed by atoms with van der Waals surface area (Å²) in [5, 5.41) is 6.69. The minimum Gasteiger partial charge on any atom is -0.356 e. The Morgan fingerprint density at radius 3 is 2.37 bits per heavy atom. The van der Waals surface area contributed by atoms with Crippen LogP contribution in [0.5, 0.6) is 0 Å². The second-order valence-electron chi connectivity index (χ2n) is 6.45. The molecular weight excluding hydrogens is 471 g/mol. The van der Waals surface area contributed by atoms with Gasteiger partial charge in [-0.2, -0.15) is 11.8 Å². The van der Waals surface area contributed by atoms with Gasteiger partial charge in [0.05, 0.1) is 0 Å². The van der Waals surface area contributed by atoms with Crippen molar-refractivity contribution in [2.24, 2.45) is 4.99 Å². The van der Waals surface area contributed by atoms with Crippen LogP contribution in [0.2, 0.25) is 0 Å². The summed E-state index contributed by atoms with van der Waals surface area (Å²) in [5.74, 6) is 1.97. The van der Waals surface area contributed by atoms with Gasteiger partial charge in [0.15, 0.2) is 5.96 Å². The number of halogens is 1. The number of guanidine groups is 1. The molecule has 0 aliphatic heterocycles. The number of nitrogens with zero attached hydrogens (tertiary/aromatic N) is 2. The zero-order valence-corrected chi connectivity index (χ0v) is 20.0. The normalized spacial score (nSPS) is 10.9. The van der Waals surface area contributed by atoms with Gasteiger partial charge >= 0.3 is 0 Å². The molecule has 2 N–H and O–H groups in total. The Morgan fingerprint density at radius 1 is 1.04 bits per heavy atom. The summed E-state index contributed by atoms with van der Waals surface area (Å²) in [6, 6.07) is 10.4. The Morgan fingerprint density at radius 2 is 1.70 bits per heavy atom. The van der Waals surface area contributed by atoms with Crippen LogP contribution < -0.4 is 10.6 Å². The minimum atomic E-state index is 0. The molecule has 7 heteroatoms. The van der Waals surface area contributed by atoms with Crippen molar-refractivity contribution in [3.05, 3.63) is 35.9 Å². The van der Waals surface area contributed by atoms with Crippen LogP contribution in [0.4, 0.5) is 0 Å². The lowest BCUT2D eigenvalue weighted by Crippen LogP contribution is -2.40. The Bertz CT molecular complexity index is 526. The third-order valence-electron chi connectivity index (χ3n) is 3.99. The predicted molar refractivity (Wildman–Crippen MR) is 129 cm³/mol. The second kappa shape index (κ2) is 17.2. The van der Waals surface area contributed by atoms with Crippen molar-refractivity contribution < 1.29 is 4.79 Å². The van der Waals surface area contributed by atoms with Gasteiger partial charge in [-0.3, -0.25) is 4.79 Å². The molecule has 1 aromatic rings. The summed E-state index contributed by atoms with van der Waals surface area (Å²) in [6.45, 7) is 1.84.